The number of carbonyl (C=O) groups is 1. The molecule has 1 aromatic heterocycles. The number of hydrogen-bond donors (Lipinski definition) is 3. The van der Waals surface area contributed by atoms with Gasteiger partial charge < -0.3 is 5.32 Å². The fourth-order valence-electron chi connectivity index (χ4n) is 2.87. The minimum Gasteiger partial charge on any atom is -0.357 e. The molecule has 1 heterocycles. The van der Waals surface area contributed by atoms with Crippen LogP contribution in [0.25, 0.3) is 0 Å². The molecule has 0 bridgehead atoms. The minimum atomic E-state index is -0.120. The summed E-state index contributed by atoms with van der Waals surface area (Å²) in [5, 5.41) is 5.44. The fraction of sp³-hybridized carbons (Fsp3) is 0.333. The molecule has 126 valence electrons. The molecule has 0 radical (unpaired) electrons. The molecular weight excluding hydrogens is 338 g/mol. The van der Waals surface area contributed by atoms with Crippen molar-refractivity contribution >= 4 is 34.6 Å². The van der Waals surface area contributed by atoms with Crippen molar-refractivity contribution in [3.8, 4) is 0 Å². The second-order valence-corrected chi connectivity index (χ2v) is 7.52. The first-order chi connectivity index (χ1) is 11.6. The lowest BCUT2D eigenvalue weighted by molar-refractivity contribution is 0.0943. The zero-order valence-electron chi connectivity index (χ0n) is 13.6. The van der Waals surface area contributed by atoms with E-state index in [9.17, 15) is 4.79 Å². The number of rotatable bonds is 3. The van der Waals surface area contributed by atoms with Gasteiger partial charge in [-0.15, -0.1) is 11.3 Å². The van der Waals surface area contributed by atoms with E-state index in [4.69, 9.17) is 12.2 Å². The van der Waals surface area contributed by atoms with Crippen molar-refractivity contribution in [1.82, 2.24) is 16.2 Å². The molecular formula is C18H21N3OS2. The standard InChI is InChI=1S/C18H21N3OS2/c1-12-7-8-14-15(11-24-16(14)9-12)17(22)20-21-18(23)19-10-13-5-3-2-4-6-13/h2-6,11-12H,7-10H2,1H3,(H,20,22)(H2,19,21,23). The second-order valence-electron chi connectivity index (χ2n) is 6.15. The highest BCUT2D eigenvalue weighted by Crippen LogP contribution is 2.32. The highest BCUT2D eigenvalue weighted by Gasteiger charge is 2.23. The van der Waals surface area contributed by atoms with E-state index >= 15 is 0 Å². The highest BCUT2D eigenvalue weighted by atomic mass is 32.1. The number of carbonyl (C=O) groups excluding carboxylic acids is 1. The molecule has 1 aliphatic rings. The lowest BCUT2D eigenvalue weighted by atomic mass is 9.88. The molecule has 0 aliphatic heterocycles. The van der Waals surface area contributed by atoms with Gasteiger partial charge in [-0.05, 0) is 48.5 Å². The van der Waals surface area contributed by atoms with Crippen LogP contribution in [-0.4, -0.2) is 11.0 Å². The van der Waals surface area contributed by atoms with Crippen molar-refractivity contribution in [2.45, 2.75) is 32.7 Å². The molecule has 0 spiro atoms. The van der Waals surface area contributed by atoms with Gasteiger partial charge in [-0.1, -0.05) is 37.3 Å². The topological polar surface area (TPSA) is 53.2 Å². The number of thiophene rings is 1. The molecule has 6 heteroatoms. The lowest BCUT2D eigenvalue weighted by Gasteiger charge is -2.19. The number of hydrazine groups is 1. The first-order valence-electron chi connectivity index (χ1n) is 8.11. The Morgan fingerprint density at radius 3 is 2.88 bits per heavy atom. The molecule has 4 nitrogen and oxygen atoms in total. The maximum atomic E-state index is 12.4. The number of fused-ring (bicyclic) bond motifs is 1. The largest absolute Gasteiger partial charge is 0.357 e. The van der Waals surface area contributed by atoms with E-state index in [1.807, 2.05) is 35.7 Å². The van der Waals surface area contributed by atoms with Crippen LogP contribution in [0.15, 0.2) is 35.7 Å². The Balaban J connectivity index is 1.50. The molecule has 3 rings (SSSR count). The van der Waals surface area contributed by atoms with Crippen LogP contribution >= 0.6 is 23.6 Å². The van der Waals surface area contributed by atoms with E-state index in [0.717, 1.165) is 30.4 Å². The van der Waals surface area contributed by atoms with Crippen molar-refractivity contribution in [2.24, 2.45) is 5.92 Å². The summed E-state index contributed by atoms with van der Waals surface area (Å²) in [5.41, 5.74) is 8.60. The minimum absolute atomic E-state index is 0.120. The van der Waals surface area contributed by atoms with Crippen molar-refractivity contribution < 1.29 is 4.79 Å². The maximum absolute atomic E-state index is 12.4. The first kappa shape index (κ1) is 16.9. The second kappa shape index (κ2) is 7.77. The molecule has 24 heavy (non-hydrogen) atoms. The van der Waals surface area contributed by atoms with Crippen LogP contribution in [-0.2, 0) is 19.4 Å². The Hall–Kier alpha value is -1.92. The summed E-state index contributed by atoms with van der Waals surface area (Å²) in [6, 6.07) is 9.98. The summed E-state index contributed by atoms with van der Waals surface area (Å²) in [6.07, 6.45) is 3.21. The Morgan fingerprint density at radius 2 is 2.08 bits per heavy atom. The third kappa shape index (κ3) is 4.13. The molecule has 1 amide bonds. The SMILES string of the molecule is CC1CCc2c(C(=O)NNC(=S)NCc3ccccc3)csc2C1. The summed E-state index contributed by atoms with van der Waals surface area (Å²) in [6.45, 7) is 2.88. The van der Waals surface area contributed by atoms with E-state index in [1.54, 1.807) is 11.3 Å². The molecule has 0 saturated heterocycles. The van der Waals surface area contributed by atoms with Crippen LogP contribution in [0.4, 0.5) is 0 Å². The molecule has 1 aromatic carbocycles. The van der Waals surface area contributed by atoms with E-state index in [1.165, 1.54) is 10.4 Å². The maximum Gasteiger partial charge on any atom is 0.270 e. The number of thiocarbonyl (C=S) groups is 1. The molecule has 3 N–H and O–H groups in total. The normalized spacial score (nSPS) is 16.1. The first-order valence-corrected chi connectivity index (χ1v) is 9.39. The third-order valence-electron chi connectivity index (χ3n) is 4.23. The smallest absolute Gasteiger partial charge is 0.270 e. The summed E-state index contributed by atoms with van der Waals surface area (Å²) in [7, 11) is 0. The zero-order chi connectivity index (χ0) is 16.9. The van der Waals surface area contributed by atoms with E-state index in [-0.39, 0.29) is 5.91 Å². The Morgan fingerprint density at radius 1 is 1.29 bits per heavy atom. The number of amides is 1. The van der Waals surface area contributed by atoms with E-state index in [2.05, 4.69) is 23.1 Å². The van der Waals surface area contributed by atoms with E-state index in [0.29, 0.717) is 17.6 Å². The van der Waals surface area contributed by atoms with Gasteiger partial charge in [0.05, 0.1) is 5.56 Å². The molecule has 2 aromatic rings. The Labute approximate surface area is 151 Å². The van der Waals surface area contributed by atoms with Crippen molar-refractivity contribution in [1.29, 1.82) is 0 Å². The number of hydrogen-bond acceptors (Lipinski definition) is 3. The third-order valence-corrected chi connectivity index (χ3v) is 5.53. The van der Waals surface area contributed by atoms with Gasteiger partial charge in [-0.25, -0.2) is 0 Å². The molecule has 0 saturated carbocycles. The average Bonchev–Trinajstić information content (AvgIpc) is 3.01. The van der Waals surface area contributed by atoms with Gasteiger partial charge in [0, 0.05) is 16.8 Å². The molecule has 1 aliphatic carbocycles. The predicted molar refractivity (Wildman–Crippen MR) is 102 cm³/mol. The monoisotopic (exact) mass is 359 g/mol. The van der Waals surface area contributed by atoms with Crippen LogP contribution < -0.4 is 16.2 Å². The Kier molecular flexibility index (Phi) is 5.48. The quantitative estimate of drug-likeness (QED) is 0.582. The van der Waals surface area contributed by atoms with Gasteiger partial charge in [-0.2, -0.15) is 0 Å². The van der Waals surface area contributed by atoms with Gasteiger partial charge >= 0.3 is 0 Å². The van der Waals surface area contributed by atoms with E-state index < -0.39 is 0 Å². The van der Waals surface area contributed by atoms with Crippen molar-refractivity contribution in [3.05, 3.63) is 57.3 Å². The van der Waals surface area contributed by atoms with Gasteiger partial charge in [0.1, 0.15) is 0 Å². The van der Waals surface area contributed by atoms with Gasteiger partial charge in [0.15, 0.2) is 5.11 Å². The van der Waals surface area contributed by atoms with Crippen LogP contribution in [0.1, 0.15) is 39.7 Å². The van der Waals surface area contributed by atoms with Crippen LogP contribution in [0, 0.1) is 5.92 Å². The van der Waals surface area contributed by atoms with Crippen LogP contribution in [0.3, 0.4) is 0 Å². The summed E-state index contributed by atoms with van der Waals surface area (Å²) in [5.74, 6) is 0.589. The van der Waals surface area contributed by atoms with Gasteiger partial charge in [0.25, 0.3) is 5.91 Å². The van der Waals surface area contributed by atoms with Gasteiger partial charge in [0.2, 0.25) is 0 Å². The average molecular weight is 360 g/mol. The van der Waals surface area contributed by atoms with Crippen LogP contribution in [0.2, 0.25) is 0 Å². The van der Waals surface area contributed by atoms with Gasteiger partial charge in [-0.3, -0.25) is 15.6 Å². The highest BCUT2D eigenvalue weighted by molar-refractivity contribution is 7.80. The summed E-state index contributed by atoms with van der Waals surface area (Å²) < 4.78 is 0. The van der Waals surface area contributed by atoms with Crippen molar-refractivity contribution in [3.63, 3.8) is 0 Å². The summed E-state index contributed by atoms with van der Waals surface area (Å²) >= 11 is 6.89. The fourth-order valence-corrected chi connectivity index (χ4v) is 4.24. The summed E-state index contributed by atoms with van der Waals surface area (Å²) in [4.78, 5) is 13.7. The molecule has 0 fully saturated rings. The number of nitrogens with one attached hydrogen (secondary N) is 3. The van der Waals surface area contributed by atoms with Crippen molar-refractivity contribution in [2.75, 3.05) is 0 Å². The lowest BCUT2D eigenvalue weighted by Crippen LogP contribution is -2.46. The molecule has 1 atom stereocenters. The predicted octanol–water partition coefficient (Wildman–Crippen LogP) is 3.18. The number of benzene rings is 1. The van der Waals surface area contributed by atoms with Crippen LogP contribution in [0.5, 0.6) is 0 Å². The zero-order valence-corrected chi connectivity index (χ0v) is 15.2. The Bertz CT molecular complexity index is 727. The molecule has 1 unspecified atom stereocenters.